The van der Waals surface area contributed by atoms with Gasteiger partial charge in [0.1, 0.15) is 5.75 Å². The molecule has 0 saturated carbocycles. The zero-order chi connectivity index (χ0) is 20.8. The molecule has 2 N–H and O–H groups in total. The van der Waals surface area contributed by atoms with Crippen LogP contribution in [0.25, 0.3) is 0 Å². The number of hydrogen-bond acceptors (Lipinski definition) is 3. The van der Waals surface area contributed by atoms with Gasteiger partial charge < -0.3 is 15.4 Å². The summed E-state index contributed by atoms with van der Waals surface area (Å²) in [5.74, 6) is -0.213. The summed E-state index contributed by atoms with van der Waals surface area (Å²) in [6.07, 6.45) is 0. The van der Waals surface area contributed by atoms with Crippen LogP contribution in [0, 0.1) is 0 Å². The minimum absolute atomic E-state index is 0.203. The topological polar surface area (TPSA) is 67.4 Å². The SMILES string of the molecule is O=C(COc1ccc(C(=O)Nc2ccccc2Cl)cc1)Nc1ccc(Cl)c(Cl)c1. The summed E-state index contributed by atoms with van der Waals surface area (Å²) in [5, 5.41) is 6.59. The molecular weight excluding hydrogens is 435 g/mol. The Morgan fingerprint density at radius 3 is 2.21 bits per heavy atom. The molecule has 148 valence electrons. The molecule has 2 amide bonds. The number of halogens is 3. The second kappa shape index (κ2) is 9.65. The number of ether oxygens (including phenoxy) is 1. The lowest BCUT2D eigenvalue weighted by molar-refractivity contribution is -0.118. The monoisotopic (exact) mass is 448 g/mol. The van der Waals surface area contributed by atoms with E-state index in [-0.39, 0.29) is 18.4 Å². The van der Waals surface area contributed by atoms with Crippen molar-refractivity contribution in [1.29, 1.82) is 0 Å². The zero-order valence-corrected chi connectivity index (χ0v) is 17.2. The van der Waals surface area contributed by atoms with E-state index in [1.807, 2.05) is 0 Å². The summed E-state index contributed by atoms with van der Waals surface area (Å²) >= 11 is 17.8. The first-order valence-electron chi connectivity index (χ1n) is 8.46. The normalized spacial score (nSPS) is 10.3. The number of amides is 2. The minimum Gasteiger partial charge on any atom is -0.484 e. The molecule has 0 atom stereocenters. The van der Waals surface area contributed by atoms with Gasteiger partial charge in [-0.25, -0.2) is 0 Å². The summed E-state index contributed by atoms with van der Waals surface area (Å²) in [5.41, 5.74) is 1.47. The number of anilines is 2. The molecule has 0 bridgehead atoms. The number of carbonyl (C=O) groups is 2. The van der Waals surface area contributed by atoms with Crippen molar-refractivity contribution in [3.05, 3.63) is 87.4 Å². The lowest BCUT2D eigenvalue weighted by atomic mass is 10.2. The summed E-state index contributed by atoms with van der Waals surface area (Å²) in [7, 11) is 0. The smallest absolute Gasteiger partial charge is 0.262 e. The number of hydrogen-bond donors (Lipinski definition) is 2. The van der Waals surface area contributed by atoms with Crippen LogP contribution in [0.3, 0.4) is 0 Å². The molecule has 0 heterocycles. The molecule has 0 aliphatic carbocycles. The van der Waals surface area contributed by atoms with Gasteiger partial charge in [-0.3, -0.25) is 9.59 Å². The molecule has 0 fully saturated rings. The van der Waals surface area contributed by atoms with Gasteiger partial charge in [-0.1, -0.05) is 46.9 Å². The number of benzene rings is 3. The van der Waals surface area contributed by atoms with Crippen LogP contribution in [0.15, 0.2) is 66.7 Å². The summed E-state index contributed by atoms with van der Waals surface area (Å²) in [6.45, 7) is -0.203. The number of para-hydroxylation sites is 1. The summed E-state index contributed by atoms with van der Waals surface area (Å²) in [4.78, 5) is 24.3. The van der Waals surface area contributed by atoms with Crippen molar-refractivity contribution in [3.8, 4) is 5.75 Å². The van der Waals surface area contributed by atoms with E-state index >= 15 is 0 Å². The molecule has 0 radical (unpaired) electrons. The van der Waals surface area contributed by atoms with Crippen LogP contribution >= 0.6 is 34.8 Å². The molecule has 0 unspecified atom stereocenters. The summed E-state index contributed by atoms with van der Waals surface area (Å²) in [6, 6.07) is 18.1. The maximum Gasteiger partial charge on any atom is 0.262 e. The Labute approximate surface area is 182 Å². The number of rotatable bonds is 6. The van der Waals surface area contributed by atoms with E-state index in [1.54, 1.807) is 66.7 Å². The number of nitrogens with one attached hydrogen (secondary N) is 2. The molecule has 0 aliphatic heterocycles. The molecule has 3 rings (SSSR count). The van der Waals surface area contributed by atoms with Crippen LogP contribution in [0.5, 0.6) is 5.75 Å². The van der Waals surface area contributed by atoms with E-state index in [1.165, 1.54) is 0 Å². The van der Waals surface area contributed by atoms with Gasteiger partial charge in [0.2, 0.25) is 0 Å². The van der Waals surface area contributed by atoms with E-state index in [0.29, 0.717) is 37.8 Å². The number of carbonyl (C=O) groups excluding carboxylic acids is 2. The van der Waals surface area contributed by atoms with Crippen molar-refractivity contribution in [1.82, 2.24) is 0 Å². The largest absolute Gasteiger partial charge is 0.484 e. The Morgan fingerprint density at radius 1 is 0.793 bits per heavy atom. The minimum atomic E-state index is -0.357. The van der Waals surface area contributed by atoms with Crippen LogP contribution < -0.4 is 15.4 Å². The van der Waals surface area contributed by atoms with Crippen LogP contribution in [-0.2, 0) is 4.79 Å². The Balaban J connectivity index is 1.53. The molecule has 3 aromatic rings. The highest BCUT2D eigenvalue weighted by Gasteiger charge is 2.09. The molecule has 29 heavy (non-hydrogen) atoms. The molecular formula is C21H15Cl3N2O3. The van der Waals surface area contributed by atoms with E-state index < -0.39 is 0 Å². The predicted octanol–water partition coefficient (Wildman–Crippen LogP) is 5.92. The molecule has 0 saturated heterocycles. The fourth-order valence-corrected chi connectivity index (χ4v) is 2.86. The molecule has 0 aliphatic rings. The Kier molecular flexibility index (Phi) is 6.99. The van der Waals surface area contributed by atoms with Gasteiger partial charge in [-0.2, -0.15) is 0 Å². The van der Waals surface area contributed by atoms with Gasteiger partial charge in [-0.05, 0) is 54.6 Å². The van der Waals surface area contributed by atoms with E-state index in [4.69, 9.17) is 39.5 Å². The highest BCUT2D eigenvalue weighted by molar-refractivity contribution is 6.42. The van der Waals surface area contributed by atoms with Crippen LogP contribution in [0.4, 0.5) is 11.4 Å². The maximum atomic E-state index is 12.3. The van der Waals surface area contributed by atoms with Gasteiger partial charge in [0.15, 0.2) is 6.61 Å². The van der Waals surface area contributed by atoms with E-state index in [0.717, 1.165) is 0 Å². The molecule has 5 nitrogen and oxygen atoms in total. The average molecular weight is 450 g/mol. The third-order valence-electron chi connectivity index (χ3n) is 3.81. The highest BCUT2D eigenvalue weighted by Crippen LogP contribution is 2.25. The van der Waals surface area contributed by atoms with Crippen molar-refractivity contribution in [2.75, 3.05) is 17.2 Å². The van der Waals surface area contributed by atoms with Gasteiger partial charge in [0, 0.05) is 11.3 Å². The van der Waals surface area contributed by atoms with Gasteiger partial charge in [0.05, 0.1) is 20.8 Å². The highest BCUT2D eigenvalue weighted by atomic mass is 35.5. The van der Waals surface area contributed by atoms with Gasteiger partial charge >= 0.3 is 0 Å². The zero-order valence-electron chi connectivity index (χ0n) is 14.9. The molecule has 0 spiro atoms. The average Bonchev–Trinajstić information content (AvgIpc) is 2.71. The summed E-state index contributed by atoms with van der Waals surface area (Å²) < 4.78 is 5.44. The first-order valence-corrected chi connectivity index (χ1v) is 9.59. The standard InChI is InChI=1S/C21H15Cl3N2O3/c22-16-10-7-14(11-18(16)24)25-20(27)12-29-15-8-5-13(6-9-15)21(28)26-19-4-2-1-3-17(19)23/h1-11H,12H2,(H,25,27)(H,26,28). The Morgan fingerprint density at radius 2 is 1.52 bits per heavy atom. The third kappa shape index (κ3) is 5.87. The lowest BCUT2D eigenvalue weighted by Crippen LogP contribution is -2.20. The molecule has 8 heteroatoms. The molecule has 3 aromatic carbocycles. The second-order valence-corrected chi connectivity index (χ2v) is 7.15. The molecule has 0 aromatic heterocycles. The predicted molar refractivity (Wildman–Crippen MR) is 116 cm³/mol. The third-order valence-corrected chi connectivity index (χ3v) is 4.88. The van der Waals surface area contributed by atoms with Crippen molar-refractivity contribution >= 4 is 58.0 Å². The lowest BCUT2D eigenvalue weighted by Gasteiger charge is -2.10. The maximum absolute atomic E-state index is 12.3. The van der Waals surface area contributed by atoms with Crippen molar-refractivity contribution in [2.24, 2.45) is 0 Å². The van der Waals surface area contributed by atoms with Gasteiger partial charge in [-0.15, -0.1) is 0 Å². The van der Waals surface area contributed by atoms with Crippen LogP contribution in [-0.4, -0.2) is 18.4 Å². The second-order valence-electron chi connectivity index (χ2n) is 5.92. The Bertz CT molecular complexity index is 1040. The Hall–Kier alpha value is -2.73. The van der Waals surface area contributed by atoms with Crippen molar-refractivity contribution in [2.45, 2.75) is 0 Å². The van der Waals surface area contributed by atoms with Crippen LogP contribution in [0.2, 0.25) is 15.1 Å². The van der Waals surface area contributed by atoms with Gasteiger partial charge in [0.25, 0.3) is 11.8 Å². The van der Waals surface area contributed by atoms with E-state index in [2.05, 4.69) is 10.6 Å². The first kappa shape index (κ1) is 21.0. The fourth-order valence-electron chi connectivity index (χ4n) is 2.38. The van der Waals surface area contributed by atoms with E-state index in [9.17, 15) is 9.59 Å². The quantitative estimate of drug-likeness (QED) is 0.491. The van der Waals surface area contributed by atoms with Crippen LogP contribution in [0.1, 0.15) is 10.4 Å². The van der Waals surface area contributed by atoms with Crippen molar-refractivity contribution in [3.63, 3.8) is 0 Å². The first-order chi connectivity index (χ1) is 13.9. The fraction of sp³-hybridized carbons (Fsp3) is 0.0476. The van der Waals surface area contributed by atoms with Crippen molar-refractivity contribution < 1.29 is 14.3 Å².